The van der Waals surface area contributed by atoms with E-state index in [-0.39, 0.29) is 13.1 Å². The van der Waals surface area contributed by atoms with Crippen LogP contribution in [0.2, 0.25) is 0 Å². The number of hydrogen-bond acceptors (Lipinski definition) is 4. The number of alkyl halides is 6. The highest BCUT2D eigenvalue weighted by atomic mass is 32.2. The van der Waals surface area contributed by atoms with Gasteiger partial charge in [-0.15, -0.1) is 6.58 Å². The second-order valence-corrected chi connectivity index (χ2v) is 10.9. The molecule has 2 atom stereocenters. The van der Waals surface area contributed by atoms with E-state index in [1.54, 1.807) is 6.20 Å². The molecule has 2 heterocycles. The topological polar surface area (TPSA) is 104 Å². The van der Waals surface area contributed by atoms with Crippen molar-refractivity contribution >= 4 is 32.5 Å². The van der Waals surface area contributed by atoms with Gasteiger partial charge in [0.25, 0.3) is 12.5 Å². The van der Waals surface area contributed by atoms with Crippen LogP contribution in [0.1, 0.15) is 39.8 Å². The summed E-state index contributed by atoms with van der Waals surface area (Å²) in [6.45, 7) is 11.8. The highest BCUT2D eigenvalue weighted by molar-refractivity contribution is 7.90. The molecular formula is C21H33F6N5O4S2+2. The van der Waals surface area contributed by atoms with Crippen molar-refractivity contribution in [2.45, 2.75) is 50.8 Å². The van der Waals surface area contributed by atoms with Crippen molar-refractivity contribution in [3.05, 3.63) is 50.2 Å². The van der Waals surface area contributed by atoms with Gasteiger partial charge in [-0.25, -0.2) is 30.8 Å². The van der Waals surface area contributed by atoms with E-state index < -0.39 is 31.1 Å². The summed E-state index contributed by atoms with van der Waals surface area (Å²) in [5.41, 5.74) is -10.4. The first-order valence-corrected chi connectivity index (χ1v) is 14.1. The molecule has 1 aliphatic heterocycles. The Bertz CT molecular complexity index is 1130. The first kappa shape index (κ1) is 35.5. The zero-order valence-electron chi connectivity index (χ0n) is 21.1. The number of nitrogens with one attached hydrogen (secondary N) is 2. The monoisotopic (exact) mass is 597 g/mol. The number of aromatic nitrogens is 2. The lowest BCUT2D eigenvalue weighted by Crippen LogP contribution is -2.42. The Hall–Kier alpha value is -2.50. The molecule has 0 aromatic carbocycles. The van der Waals surface area contributed by atoms with Gasteiger partial charge in [-0.1, -0.05) is 33.4 Å². The molecule has 0 radical (unpaired) electrons. The molecule has 0 amide bonds. The van der Waals surface area contributed by atoms with Crippen molar-refractivity contribution in [1.82, 2.24) is 14.0 Å². The van der Waals surface area contributed by atoms with Crippen molar-refractivity contribution < 1.29 is 52.3 Å². The lowest BCUT2D eigenvalue weighted by molar-refractivity contribution is -0.863. The van der Waals surface area contributed by atoms with Crippen LogP contribution < -0.4 is 14.0 Å². The van der Waals surface area contributed by atoms with Crippen molar-refractivity contribution in [3.63, 3.8) is 0 Å². The summed E-state index contributed by atoms with van der Waals surface area (Å²) in [5.74, 6) is 0.353. The van der Waals surface area contributed by atoms with Gasteiger partial charge in [0, 0.05) is 13.1 Å². The molecule has 38 heavy (non-hydrogen) atoms. The molecule has 9 nitrogen and oxygen atoms in total. The summed E-state index contributed by atoms with van der Waals surface area (Å²) in [7, 11) is -10.2. The van der Waals surface area contributed by atoms with Gasteiger partial charge in [-0.3, -0.25) is 0 Å². The zero-order chi connectivity index (χ0) is 29.8. The average molecular weight is 598 g/mol. The predicted octanol–water partition coefficient (Wildman–Crippen LogP) is 3.48. The van der Waals surface area contributed by atoms with Gasteiger partial charge in [-0.05, 0) is 12.5 Å². The largest absolute Gasteiger partial charge is 0.511 e. The molecular weight excluding hydrogens is 564 g/mol. The SMILES string of the molecule is C=CC1C=C[N+](C(CCC)[n+]2ccn(C=C)c2)=C1.CCNS(=O)(=O)C(F)(F)F.CCNS(=O)(=O)C(F)(F)F. The third kappa shape index (κ3) is 11.1. The Morgan fingerprint density at radius 2 is 1.47 bits per heavy atom. The van der Waals surface area contributed by atoms with Crippen LogP contribution >= 0.6 is 0 Å². The van der Waals surface area contributed by atoms with Gasteiger partial charge in [0.1, 0.15) is 12.4 Å². The molecule has 0 saturated heterocycles. The second kappa shape index (κ2) is 15.2. The van der Waals surface area contributed by atoms with Crippen LogP contribution in [0, 0.1) is 5.92 Å². The fourth-order valence-electron chi connectivity index (χ4n) is 2.76. The van der Waals surface area contributed by atoms with Gasteiger partial charge in [-0.2, -0.15) is 35.5 Å². The average Bonchev–Trinajstić information content (AvgIpc) is 3.46. The number of halogens is 6. The molecule has 1 aromatic heterocycles. The van der Waals surface area contributed by atoms with Crippen LogP contribution in [0.5, 0.6) is 0 Å². The minimum Gasteiger partial charge on any atom is -0.210 e. The Labute approximate surface area is 219 Å². The molecule has 2 unspecified atom stereocenters. The highest BCUT2D eigenvalue weighted by Gasteiger charge is 2.45. The molecule has 0 spiro atoms. The standard InChI is InChI=1S/C15H21N3.2C3H6F3NO2S/c1-4-7-15(17-9-8-14(5-2)12-17)18-11-10-16(6-3)13-18;2*1-2-7-10(8,9)3(4,5)6/h5-6,8-15H,2-4,7H2,1H3;2*7H,2H2,1H3/q+2;;. The molecule has 0 fully saturated rings. The Morgan fingerprint density at radius 3 is 1.76 bits per heavy atom. The molecule has 0 bridgehead atoms. The smallest absolute Gasteiger partial charge is 0.210 e. The first-order valence-electron chi connectivity index (χ1n) is 11.2. The second-order valence-electron chi connectivity index (χ2n) is 7.40. The number of nitrogens with zero attached hydrogens (tertiary/aromatic N) is 3. The summed E-state index contributed by atoms with van der Waals surface area (Å²) < 4.78 is 117. The normalized spacial score (nSPS) is 16.4. The van der Waals surface area contributed by atoms with E-state index in [4.69, 9.17) is 0 Å². The van der Waals surface area contributed by atoms with Crippen LogP contribution in [-0.4, -0.2) is 56.3 Å². The van der Waals surface area contributed by atoms with E-state index >= 15 is 0 Å². The van der Waals surface area contributed by atoms with E-state index in [0.29, 0.717) is 12.1 Å². The molecule has 1 aliphatic rings. The molecule has 1 aromatic rings. The number of hydrogen-bond donors (Lipinski definition) is 2. The maximum Gasteiger partial charge on any atom is 0.511 e. The molecule has 2 N–H and O–H groups in total. The molecule has 0 saturated carbocycles. The molecule has 2 rings (SSSR count). The number of sulfonamides is 2. The van der Waals surface area contributed by atoms with Gasteiger partial charge >= 0.3 is 31.1 Å². The van der Waals surface area contributed by atoms with Crippen LogP contribution in [0.25, 0.3) is 6.20 Å². The maximum absolute atomic E-state index is 11.4. The summed E-state index contributed by atoms with van der Waals surface area (Å²) in [4.78, 5) is 0. The number of allylic oxidation sites excluding steroid dienone is 2. The number of imidazole rings is 1. The molecule has 17 heteroatoms. The van der Waals surface area contributed by atoms with Crippen LogP contribution in [0.3, 0.4) is 0 Å². The molecule has 218 valence electrons. The Kier molecular flexibility index (Phi) is 14.2. The minimum absolute atomic E-state index is 0.262. The van der Waals surface area contributed by atoms with Crippen molar-refractivity contribution in [2.24, 2.45) is 5.92 Å². The van der Waals surface area contributed by atoms with Crippen molar-refractivity contribution in [2.75, 3.05) is 13.1 Å². The van der Waals surface area contributed by atoms with E-state index in [9.17, 15) is 43.2 Å². The van der Waals surface area contributed by atoms with E-state index in [1.165, 1.54) is 23.3 Å². The first-order chi connectivity index (χ1) is 17.4. The fraction of sp³-hybridized carbons (Fsp3) is 0.524. The highest BCUT2D eigenvalue weighted by Crippen LogP contribution is 2.21. The van der Waals surface area contributed by atoms with Crippen molar-refractivity contribution in [1.29, 1.82) is 0 Å². The summed E-state index contributed by atoms with van der Waals surface area (Å²) in [5, 5.41) is 0. The van der Waals surface area contributed by atoms with Gasteiger partial charge in [0.2, 0.25) is 0 Å². The van der Waals surface area contributed by atoms with Crippen LogP contribution in [-0.2, 0) is 20.0 Å². The third-order valence-corrected chi connectivity index (χ3v) is 7.05. The Morgan fingerprint density at radius 1 is 0.974 bits per heavy atom. The quantitative estimate of drug-likeness (QED) is 0.245. The van der Waals surface area contributed by atoms with E-state index in [2.05, 4.69) is 60.2 Å². The Balaban J connectivity index is 0.000000589. The minimum atomic E-state index is -5.19. The lowest BCUT2D eigenvalue weighted by Gasteiger charge is -2.07. The fourth-order valence-corrected chi connectivity index (χ4v) is 3.85. The zero-order valence-corrected chi connectivity index (χ0v) is 22.7. The predicted molar refractivity (Wildman–Crippen MR) is 131 cm³/mol. The lowest BCUT2D eigenvalue weighted by atomic mass is 10.2. The van der Waals surface area contributed by atoms with Crippen LogP contribution in [0.4, 0.5) is 26.3 Å². The molecule has 0 aliphatic carbocycles. The van der Waals surface area contributed by atoms with Gasteiger partial charge in [0.15, 0.2) is 12.4 Å². The van der Waals surface area contributed by atoms with Gasteiger partial charge in [0.05, 0.1) is 18.5 Å². The van der Waals surface area contributed by atoms with Gasteiger partial charge < -0.3 is 0 Å². The summed E-state index contributed by atoms with van der Waals surface area (Å²) in [6, 6.07) is 0. The summed E-state index contributed by atoms with van der Waals surface area (Å²) in [6.07, 6.45) is 19.0. The summed E-state index contributed by atoms with van der Waals surface area (Å²) >= 11 is 0. The maximum atomic E-state index is 11.4. The van der Waals surface area contributed by atoms with E-state index in [1.807, 2.05) is 16.8 Å². The number of rotatable bonds is 10. The third-order valence-electron chi connectivity index (χ3n) is 4.50. The van der Waals surface area contributed by atoms with E-state index in [0.717, 1.165) is 12.8 Å². The van der Waals surface area contributed by atoms with Crippen molar-refractivity contribution in [3.8, 4) is 0 Å². The van der Waals surface area contributed by atoms with Crippen LogP contribution in [0.15, 0.2) is 50.2 Å².